The highest BCUT2D eigenvalue weighted by atomic mass is 32.1. The van der Waals surface area contributed by atoms with Crippen molar-refractivity contribution in [1.82, 2.24) is 15.1 Å². The summed E-state index contributed by atoms with van der Waals surface area (Å²) in [6.07, 6.45) is -0.398. The highest BCUT2D eigenvalue weighted by Gasteiger charge is 2.21. The molecule has 1 aliphatic heterocycles. The molecule has 2 heterocycles. The summed E-state index contributed by atoms with van der Waals surface area (Å²) in [6.45, 7) is 4.71. The fourth-order valence-corrected chi connectivity index (χ4v) is 2.93. The summed E-state index contributed by atoms with van der Waals surface area (Å²) >= 11 is 1.59. The van der Waals surface area contributed by atoms with Crippen LogP contribution in [0.3, 0.4) is 0 Å². The molecule has 1 aliphatic rings. The number of amides is 1. The lowest BCUT2D eigenvalue weighted by Crippen LogP contribution is -2.49. The van der Waals surface area contributed by atoms with E-state index in [9.17, 15) is 9.90 Å². The van der Waals surface area contributed by atoms with E-state index in [2.05, 4.69) is 15.1 Å². The molecule has 5 nitrogen and oxygen atoms in total. The van der Waals surface area contributed by atoms with Crippen LogP contribution < -0.4 is 5.32 Å². The molecule has 0 aliphatic carbocycles. The lowest BCUT2D eigenvalue weighted by Gasteiger charge is -2.35. The smallest absolute Gasteiger partial charge is 0.233 e. The van der Waals surface area contributed by atoms with Gasteiger partial charge in [-0.05, 0) is 11.4 Å². The minimum atomic E-state index is -0.398. The van der Waals surface area contributed by atoms with E-state index in [1.807, 2.05) is 17.5 Å². The quantitative estimate of drug-likeness (QED) is 0.807. The Morgan fingerprint density at radius 2 is 2.11 bits per heavy atom. The second-order valence-corrected chi connectivity index (χ2v) is 5.76. The van der Waals surface area contributed by atoms with Crippen molar-refractivity contribution in [2.24, 2.45) is 0 Å². The van der Waals surface area contributed by atoms with Crippen LogP contribution in [-0.2, 0) is 4.79 Å². The van der Waals surface area contributed by atoms with Gasteiger partial charge < -0.3 is 10.4 Å². The second kappa shape index (κ2) is 7.00. The number of piperazine rings is 1. The zero-order chi connectivity index (χ0) is 13.7. The number of nitrogens with zero attached hydrogens (tertiary/aromatic N) is 2. The number of rotatable bonds is 5. The van der Waals surface area contributed by atoms with Crippen molar-refractivity contribution in [3.05, 3.63) is 22.4 Å². The predicted molar refractivity (Wildman–Crippen MR) is 76.2 cm³/mol. The molecule has 2 rings (SSSR count). The summed E-state index contributed by atoms with van der Waals surface area (Å²) in [4.78, 5) is 16.7. The number of aliphatic hydroxyl groups is 1. The Labute approximate surface area is 117 Å². The first-order valence-electron chi connectivity index (χ1n) is 6.56. The van der Waals surface area contributed by atoms with Crippen LogP contribution in [0.15, 0.2) is 17.5 Å². The summed E-state index contributed by atoms with van der Waals surface area (Å²) in [5.74, 6) is 0.0621. The van der Waals surface area contributed by atoms with Crippen molar-refractivity contribution < 1.29 is 9.90 Å². The first-order chi connectivity index (χ1) is 9.19. The maximum Gasteiger partial charge on any atom is 0.233 e. The number of carbonyl (C=O) groups is 1. The van der Waals surface area contributed by atoms with Gasteiger partial charge in [0.15, 0.2) is 0 Å². The van der Waals surface area contributed by atoms with Gasteiger partial charge in [0, 0.05) is 44.6 Å². The molecule has 6 heteroatoms. The summed E-state index contributed by atoms with van der Waals surface area (Å²) in [6, 6.07) is 3.93. The number of thiophene rings is 1. The fourth-order valence-electron chi connectivity index (χ4n) is 2.23. The maximum atomic E-state index is 11.3. The Bertz CT molecular complexity index is 389. The van der Waals surface area contributed by atoms with Gasteiger partial charge in [-0.3, -0.25) is 14.6 Å². The molecule has 0 aromatic carbocycles. The molecule has 1 fully saturated rings. The van der Waals surface area contributed by atoms with Crippen LogP contribution in [0.25, 0.3) is 0 Å². The van der Waals surface area contributed by atoms with Crippen molar-refractivity contribution >= 4 is 17.2 Å². The standard InChI is InChI=1S/C13H21N3O2S/c1-14-13(18)10-16-6-4-15(5-7-16)9-11(17)12-3-2-8-19-12/h2-3,8,11,17H,4-7,9-10H2,1H3,(H,14,18)/t11-/m1/s1. The van der Waals surface area contributed by atoms with E-state index >= 15 is 0 Å². The van der Waals surface area contributed by atoms with Gasteiger partial charge >= 0.3 is 0 Å². The Balaban J connectivity index is 1.73. The second-order valence-electron chi connectivity index (χ2n) is 4.78. The Kier molecular flexibility index (Phi) is 5.33. The van der Waals surface area contributed by atoms with Gasteiger partial charge in [0.05, 0.1) is 6.54 Å². The Morgan fingerprint density at radius 1 is 1.42 bits per heavy atom. The summed E-state index contributed by atoms with van der Waals surface area (Å²) in [7, 11) is 1.66. The molecule has 1 aromatic rings. The van der Waals surface area contributed by atoms with E-state index in [1.165, 1.54) is 0 Å². The van der Waals surface area contributed by atoms with E-state index in [4.69, 9.17) is 0 Å². The molecule has 2 N–H and O–H groups in total. The average molecular weight is 283 g/mol. The van der Waals surface area contributed by atoms with Gasteiger partial charge in [-0.15, -0.1) is 11.3 Å². The van der Waals surface area contributed by atoms with Crippen molar-refractivity contribution in [3.63, 3.8) is 0 Å². The van der Waals surface area contributed by atoms with Gasteiger partial charge in [-0.25, -0.2) is 0 Å². The van der Waals surface area contributed by atoms with Crippen LogP contribution in [0.4, 0.5) is 0 Å². The number of aliphatic hydroxyl groups excluding tert-OH is 1. The zero-order valence-electron chi connectivity index (χ0n) is 11.2. The molecular formula is C13H21N3O2S. The van der Waals surface area contributed by atoms with Crippen molar-refractivity contribution in [1.29, 1.82) is 0 Å². The van der Waals surface area contributed by atoms with Gasteiger partial charge in [-0.1, -0.05) is 6.07 Å². The first kappa shape index (κ1) is 14.5. The highest BCUT2D eigenvalue weighted by molar-refractivity contribution is 7.10. The molecule has 1 atom stereocenters. The third-order valence-corrected chi connectivity index (χ3v) is 4.39. The van der Waals surface area contributed by atoms with Gasteiger partial charge in [0.25, 0.3) is 0 Å². The molecule has 0 saturated carbocycles. The SMILES string of the molecule is CNC(=O)CN1CCN(C[C@@H](O)c2cccs2)CC1. The number of hydrogen-bond acceptors (Lipinski definition) is 5. The third-order valence-electron chi connectivity index (χ3n) is 3.41. The minimum absolute atomic E-state index is 0.0621. The summed E-state index contributed by atoms with van der Waals surface area (Å²) in [5.41, 5.74) is 0. The number of β-amino-alcohol motifs (C(OH)–C–C–N with tert-alkyl or cyclic N) is 1. The number of hydrogen-bond donors (Lipinski definition) is 2. The number of nitrogens with one attached hydrogen (secondary N) is 1. The molecule has 1 saturated heterocycles. The average Bonchev–Trinajstić information content (AvgIpc) is 2.95. The Hall–Kier alpha value is -0.950. The lowest BCUT2D eigenvalue weighted by molar-refractivity contribution is -0.122. The topological polar surface area (TPSA) is 55.8 Å². The van der Waals surface area contributed by atoms with Gasteiger partial charge in [0.2, 0.25) is 5.91 Å². The molecule has 0 spiro atoms. The van der Waals surface area contributed by atoms with Crippen LogP contribution in [0.5, 0.6) is 0 Å². The monoisotopic (exact) mass is 283 g/mol. The first-order valence-corrected chi connectivity index (χ1v) is 7.43. The van der Waals surface area contributed by atoms with E-state index in [-0.39, 0.29) is 5.91 Å². The van der Waals surface area contributed by atoms with E-state index < -0.39 is 6.10 Å². The van der Waals surface area contributed by atoms with E-state index in [0.717, 1.165) is 31.1 Å². The van der Waals surface area contributed by atoms with Crippen LogP contribution >= 0.6 is 11.3 Å². The zero-order valence-corrected chi connectivity index (χ0v) is 12.0. The van der Waals surface area contributed by atoms with E-state index in [1.54, 1.807) is 18.4 Å². The number of carbonyl (C=O) groups excluding carboxylic acids is 1. The van der Waals surface area contributed by atoms with Crippen LogP contribution in [-0.4, -0.2) is 67.1 Å². The molecule has 1 amide bonds. The maximum absolute atomic E-state index is 11.3. The van der Waals surface area contributed by atoms with Gasteiger partial charge in [-0.2, -0.15) is 0 Å². The molecule has 19 heavy (non-hydrogen) atoms. The minimum Gasteiger partial charge on any atom is -0.386 e. The van der Waals surface area contributed by atoms with Gasteiger partial charge in [0.1, 0.15) is 6.10 Å². The molecular weight excluding hydrogens is 262 g/mol. The summed E-state index contributed by atoms with van der Waals surface area (Å²) in [5, 5.41) is 14.7. The molecule has 0 radical (unpaired) electrons. The van der Waals surface area contributed by atoms with Crippen molar-refractivity contribution in [2.75, 3.05) is 46.3 Å². The van der Waals surface area contributed by atoms with Crippen LogP contribution in [0, 0.1) is 0 Å². The third kappa shape index (κ3) is 4.28. The molecule has 0 unspecified atom stereocenters. The van der Waals surface area contributed by atoms with Crippen LogP contribution in [0.2, 0.25) is 0 Å². The predicted octanol–water partition coefficient (Wildman–Crippen LogP) is 0.145. The molecule has 0 bridgehead atoms. The van der Waals surface area contributed by atoms with Crippen molar-refractivity contribution in [3.8, 4) is 0 Å². The summed E-state index contributed by atoms with van der Waals surface area (Å²) < 4.78 is 0. The Morgan fingerprint density at radius 3 is 2.68 bits per heavy atom. The van der Waals surface area contributed by atoms with Crippen molar-refractivity contribution in [2.45, 2.75) is 6.10 Å². The largest absolute Gasteiger partial charge is 0.386 e. The van der Waals surface area contributed by atoms with Crippen LogP contribution in [0.1, 0.15) is 11.0 Å². The lowest BCUT2D eigenvalue weighted by atomic mass is 10.2. The normalized spacial score (nSPS) is 19.3. The van der Waals surface area contributed by atoms with E-state index in [0.29, 0.717) is 13.1 Å². The fraction of sp³-hybridized carbons (Fsp3) is 0.615. The molecule has 106 valence electrons. The molecule has 1 aromatic heterocycles. The number of likely N-dealkylation sites (N-methyl/N-ethyl adjacent to an activating group) is 1. The highest BCUT2D eigenvalue weighted by Crippen LogP contribution is 2.20.